The average Bonchev–Trinajstić information content (AvgIpc) is 3.27. The van der Waals surface area contributed by atoms with E-state index in [-0.39, 0.29) is 23.6 Å². The third-order valence-corrected chi connectivity index (χ3v) is 6.17. The van der Waals surface area contributed by atoms with Crippen LogP contribution in [-0.2, 0) is 27.2 Å². The molecule has 0 saturated heterocycles. The predicted molar refractivity (Wildman–Crippen MR) is 152 cm³/mol. The lowest BCUT2D eigenvalue weighted by Crippen LogP contribution is -2.53. The molecule has 4 amide bonds. The smallest absolute Gasteiger partial charge is 0.408 e. The molecule has 3 rings (SSSR count). The van der Waals surface area contributed by atoms with Gasteiger partial charge in [0.2, 0.25) is 5.91 Å². The van der Waals surface area contributed by atoms with Crippen molar-refractivity contribution in [3.8, 4) is 0 Å². The van der Waals surface area contributed by atoms with Gasteiger partial charge in [-0.25, -0.2) is 4.79 Å². The van der Waals surface area contributed by atoms with E-state index in [0.29, 0.717) is 17.4 Å². The summed E-state index contributed by atoms with van der Waals surface area (Å²) in [5.41, 5.74) is 7.25. The Morgan fingerprint density at radius 1 is 0.974 bits per heavy atom. The molecule has 0 spiro atoms. The fourth-order valence-electron chi connectivity index (χ4n) is 3.68. The number of para-hydroxylation sites is 2. The summed E-state index contributed by atoms with van der Waals surface area (Å²) in [4.78, 5) is 53.1. The summed E-state index contributed by atoms with van der Waals surface area (Å²) in [5.74, 6) is -1.13. The van der Waals surface area contributed by atoms with E-state index in [0.717, 1.165) is 28.5 Å². The lowest BCUT2D eigenvalue weighted by atomic mass is 10.0. The van der Waals surface area contributed by atoms with Crippen LogP contribution in [0.1, 0.15) is 38.8 Å². The molecule has 0 aliphatic rings. The zero-order valence-corrected chi connectivity index (χ0v) is 23.2. The minimum absolute atomic E-state index is 0. The predicted octanol–water partition coefficient (Wildman–Crippen LogP) is 3.45. The Kier molecular flexibility index (Phi) is 11.4. The normalized spacial score (nSPS) is 11.6. The van der Waals surface area contributed by atoms with Gasteiger partial charge in [0.15, 0.2) is 0 Å². The quantitative estimate of drug-likeness (QED) is 0.265. The van der Waals surface area contributed by atoms with E-state index in [4.69, 9.17) is 4.74 Å². The highest BCUT2D eigenvalue weighted by atomic mass is 32.2. The summed E-state index contributed by atoms with van der Waals surface area (Å²) in [5, 5.41) is 5.65. The van der Waals surface area contributed by atoms with Gasteiger partial charge in [-0.2, -0.15) is 0 Å². The molecule has 0 unspecified atom stereocenters. The molecule has 0 radical (unpaired) electrons. The van der Waals surface area contributed by atoms with E-state index in [1.54, 1.807) is 33.0 Å². The Morgan fingerprint density at radius 2 is 1.67 bits per heavy atom. The van der Waals surface area contributed by atoms with Gasteiger partial charge < -0.3 is 25.8 Å². The standard InChI is InChI=1S/C27H33N5O5S.H2O/c1-5-17-10-6-8-12-20(17)29-23(33)16-38-26(36)32-31-24(34)22(30-25(35)37-27(2,3)4)14-18-15-28-21-13-9-7-11-19(18)21;/h6-13,15,22,28H,5,14,16H2,1-4H3,(H,29,33)(H,30,35)(H,31,34)(H,32,36);1H2/t22-;/m0./s1. The molecular weight excluding hydrogens is 522 g/mol. The first-order valence-corrected chi connectivity index (χ1v) is 13.2. The van der Waals surface area contributed by atoms with Gasteiger partial charge in [0, 0.05) is 29.2 Å². The molecule has 11 nitrogen and oxygen atoms in total. The van der Waals surface area contributed by atoms with Gasteiger partial charge in [-0.15, -0.1) is 0 Å². The van der Waals surface area contributed by atoms with Crippen LogP contribution in [-0.4, -0.2) is 51.0 Å². The van der Waals surface area contributed by atoms with Gasteiger partial charge in [0.1, 0.15) is 11.6 Å². The first-order valence-electron chi connectivity index (χ1n) is 12.2. The number of alkyl carbamates (subject to hydrolysis) is 1. The van der Waals surface area contributed by atoms with E-state index in [1.807, 2.05) is 49.4 Å². The third-order valence-electron chi connectivity index (χ3n) is 5.40. The number of aromatic nitrogens is 1. The van der Waals surface area contributed by atoms with Crippen molar-refractivity contribution in [3.63, 3.8) is 0 Å². The number of rotatable bonds is 8. The molecule has 0 saturated carbocycles. The van der Waals surface area contributed by atoms with Crippen LogP contribution in [0.5, 0.6) is 0 Å². The number of hydrazine groups is 1. The fourth-order valence-corrected chi connectivity index (χ4v) is 4.14. The molecule has 1 heterocycles. The Bertz CT molecular complexity index is 1300. The lowest BCUT2D eigenvalue weighted by molar-refractivity contribution is -0.123. The first kappa shape index (κ1) is 31.2. The number of amides is 4. The highest BCUT2D eigenvalue weighted by molar-refractivity contribution is 8.14. The molecule has 0 fully saturated rings. The number of nitrogens with one attached hydrogen (secondary N) is 5. The second kappa shape index (κ2) is 14.2. The molecule has 0 aliphatic carbocycles. The molecule has 1 atom stereocenters. The molecule has 210 valence electrons. The molecule has 7 N–H and O–H groups in total. The van der Waals surface area contributed by atoms with Gasteiger partial charge in [-0.1, -0.05) is 55.1 Å². The molecular formula is C27H35N5O6S. The van der Waals surface area contributed by atoms with Crippen molar-refractivity contribution in [1.29, 1.82) is 0 Å². The fraction of sp³-hybridized carbons (Fsp3) is 0.333. The number of thioether (sulfide) groups is 1. The van der Waals surface area contributed by atoms with Gasteiger partial charge in [-0.05, 0) is 50.5 Å². The van der Waals surface area contributed by atoms with Crippen LogP contribution in [0, 0.1) is 0 Å². The number of H-pyrrole nitrogens is 1. The Morgan fingerprint density at radius 3 is 2.38 bits per heavy atom. The number of carbonyl (C=O) groups is 4. The van der Waals surface area contributed by atoms with Crippen molar-refractivity contribution >= 4 is 51.5 Å². The largest absolute Gasteiger partial charge is 0.444 e. The number of ether oxygens (including phenoxy) is 1. The summed E-state index contributed by atoms with van der Waals surface area (Å²) in [6, 6.07) is 14.0. The summed E-state index contributed by atoms with van der Waals surface area (Å²) in [6.45, 7) is 7.14. The highest BCUT2D eigenvalue weighted by Crippen LogP contribution is 2.20. The van der Waals surface area contributed by atoms with Crippen LogP contribution in [0.3, 0.4) is 0 Å². The Hall–Kier alpha value is -4.03. The van der Waals surface area contributed by atoms with Crippen molar-refractivity contribution in [2.75, 3.05) is 11.1 Å². The van der Waals surface area contributed by atoms with E-state index in [1.165, 1.54) is 0 Å². The monoisotopic (exact) mass is 557 g/mol. The zero-order valence-electron chi connectivity index (χ0n) is 22.3. The molecule has 2 aromatic carbocycles. The van der Waals surface area contributed by atoms with Crippen molar-refractivity contribution in [3.05, 3.63) is 65.9 Å². The van der Waals surface area contributed by atoms with E-state index < -0.39 is 28.9 Å². The summed E-state index contributed by atoms with van der Waals surface area (Å²) in [6.07, 6.45) is 1.91. The summed E-state index contributed by atoms with van der Waals surface area (Å²) < 4.78 is 5.31. The van der Waals surface area contributed by atoms with Crippen LogP contribution in [0.15, 0.2) is 54.7 Å². The lowest BCUT2D eigenvalue weighted by Gasteiger charge is -2.23. The maximum atomic E-state index is 13.0. The van der Waals surface area contributed by atoms with Crippen LogP contribution in [0.25, 0.3) is 10.9 Å². The van der Waals surface area contributed by atoms with Crippen LogP contribution >= 0.6 is 11.8 Å². The zero-order chi connectivity index (χ0) is 27.7. The second-order valence-electron chi connectivity index (χ2n) is 9.51. The number of hydrogen-bond acceptors (Lipinski definition) is 6. The second-order valence-corrected chi connectivity index (χ2v) is 10.5. The molecule has 0 aliphatic heterocycles. The van der Waals surface area contributed by atoms with Crippen LogP contribution < -0.4 is 21.5 Å². The van der Waals surface area contributed by atoms with Crippen LogP contribution in [0.4, 0.5) is 15.3 Å². The number of fused-ring (bicyclic) bond motifs is 1. The molecule has 0 bridgehead atoms. The van der Waals surface area contributed by atoms with Gasteiger partial charge in [0.05, 0.1) is 5.75 Å². The number of aryl methyl sites for hydroxylation is 1. The number of hydrogen-bond donors (Lipinski definition) is 5. The molecule has 39 heavy (non-hydrogen) atoms. The van der Waals surface area contributed by atoms with Crippen molar-refractivity contribution in [1.82, 2.24) is 21.2 Å². The van der Waals surface area contributed by atoms with Gasteiger partial charge >= 0.3 is 6.09 Å². The Balaban J connectivity index is 0.00000533. The van der Waals surface area contributed by atoms with Gasteiger partial charge in [0.25, 0.3) is 11.1 Å². The first-order chi connectivity index (χ1) is 18.1. The highest BCUT2D eigenvalue weighted by Gasteiger charge is 2.26. The van der Waals surface area contributed by atoms with E-state index in [2.05, 4.69) is 26.5 Å². The van der Waals surface area contributed by atoms with Crippen molar-refractivity contribution < 1.29 is 29.4 Å². The average molecular weight is 558 g/mol. The van der Waals surface area contributed by atoms with E-state index >= 15 is 0 Å². The Labute approximate surface area is 231 Å². The number of anilines is 1. The molecule has 1 aromatic heterocycles. The van der Waals surface area contributed by atoms with E-state index in [9.17, 15) is 19.2 Å². The number of benzene rings is 2. The molecule has 3 aromatic rings. The van der Waals surface area contributed by atoms with Crippen molar-refractivity contribution in [2.45, 2.75) is 52.2 Å². The maximum Gasteiger partial charge on any atom is 0.408 e. The topological polar surface area (TPSA) is 173 Å². The SMILES string of the molecule is CCc1ccccc1NC(=O)CSC(=O)NNC(=O)[C@H](Cc1c[nH]c2ccccc12)NC(=O)OC(C)(C)C.O. The van der Waals surface area contributed by atoms with Crippen molar-refractivity contribution in [2.24, 2.45) is 0 Å². The minimum Gasteiger partial charge on any atom is -0.444 e. The van der Waals surface area contributed by atoms with Crippen LogP contribution in [0.2, 0.25) is 0 Å². The number of carbonyl (C=O) groups excluding carboxylic acids is 4. The number of aromatic amines is 1. The molecule has 12 heteroatoms. The summed E-state index contributed by atoms with van der Waals surface area (Å²) in [7, 11) is 0. The maximum absolute atomic E-state index is 13.0. The van der Waals surface area contributed by atoms with Gasteiger partial charge in [-0.3, -0.25) is 25.2 Å². The third kappa shape index (κ3) is 9.65. The summed E-state index contributed by atoms with van der Waals surface area (Å²) >= 11 is 0.706. The minimum atomic E-state index is -1.04.